The molecule has 1 aliphatic heterocycles. The Hall–Kier alpha value is -1.54. The molecule has 0 bridgehead atoms. The predicted molar refractivity (Wildman–Crippen MR) is 56.6 cm³/mol. The van der Waals surface area contributed by atoms with Crippen LogP contribution in [0.25, 0.3) is 0 Å². The van der Waals surface area contributed by atoms with E-state index in [9.17, 15) is 9.59 Å². The molecule has 5 heteroatoms. The molecule has 1 saturated heterocycles. The third-order valence-electron chi connectivity index (χ3n) is 2.61. The Bertz CT molecular complexity index is 320. The first-order chi connectivity index (χ1) is 7.56. The number of rotatable bonds is 4. The number of nitrogens with zero attached hydrogens (tertiary/aromatic N) is 1. The summed E-state index contributed by atoms with van der Waals surface area (Å²) >= 11 is 0. The first-order valence-electron chi connectivity index (χ1n) is 5.12. The van der Waals surface area contributed by atoms with Crippen molar-refractivity contribution in [2.24, 2.45) is 5.92 Å². The number of amides is 1. The molecule has 0 aliphatic carbocycles. The molecule has 0 aromatic heterocycles. The lowest BCUT2D eigenvalue weighted by Gasteiger charge is -2.23. The molecule has 0 aromatic carbocycles. The summed E-state index contributed by atoms with van der Waals surface area (Å²) in [6.45, 7) is 2.01. The molecule has 0 spiro atoms. The van der Waals surface area contributed by atoms with Gasteiger partial charge in [0, 0.05) is 6.61 Å². The van der Waals surface area contributed by atoms with Gasteiger partial charge in [-0.3, -0.25) is 9.59 Å². The fourth-order valence-corrected chi connectivity index (χ4v) is 1.78. The van der Waals surface area contributed by atoms with Crippen molar-refractivity contribution in [1.29, 1.82) is 0 Å². The highest BCUT2D eigenvalue weighted by Gasteiger charge is 2.34. The molecule has 2 atom stereocenters. The largest absolute Gasteiger partial charge is 0.480 e. The van der Waals surface area contributed by atoms with Crippen LogP contribution < -0.4 is 0 Å². The van der Waals surface area contributed by atoms with Gasteiger partial charge < -0.3 is 14.7 Å². The molecule has 0 radical (unpaired) electrons. The number of carboxylic acid groups (broad SMARTS) is 1. The minimum absolute atomic E-state index is 0.0222. The molecule has 1 rings (SSSR count). The summed E-state index contributed by atoms with van der Waals surface area (Å²) in [6.07, 6.45) is 5.57. The lowest BCUT2D eigenvalue weighted by Crippen LogP contribution is -2.41. The fourth-order valence-electron chi connectivity index (χ4n) is 1.78. The Balaban J connectivity index is 2.66. The van der Waals surface area contributed by atoms with Gasteiger partial charge in [-0.25, -0.2) is 0 Å². The average Bonchev–Trinajstić information content (AvgIpc) is 2.62. The first-order valence-corrected chi connectivity index (χ1v) is 5.12. The van der Waals surface area contributed by atoms with Crippen LogP contribution in [0, 0.1) is 18.3 Å². The number of carboxylic acids is 1. The zero-order valence-corrected chi connectivity index (χ0v) is 9.18. The van der Waals surface area contributed by atoms with Crippen LogP contribution in [0.3, 0.4) is 0 Å². The van der Waals surface area contributed by atoms with Crippen molar-refractivity contribution < 1.29 is 19.4 Å². The molecule has 1 N–H and O–H groups in total. The minimum Gasteiger partial charge on any atom is -0.480 e. The minimum atomic E-state index is -1.06. The highest BCUT2D eigenvalue weighted by Crippen LogP contribution is 2.22. The van der Waals surface area contributed by atoms with Crippen molar-refractivity contribution in [2.45, 2.75) is 19.4 Å². The maximum absolute atomic E-state index is 12.0. The Labute approximate surface area is 94.4 Å². The lowest BCUT2D eigenvalue weighted by atomic mass is 10.0. The van der Waals surface area contributed by atoms with Crippen LogP contribution in [0.5, 0.6) is 0 Å². The smallest absolute Gasteiger partial charge is 0.323 e. The molecular formula is C11H15NO4. The van der Waals surface area contributed by atoms with E-state index in [2.05, 4.69) is 5.92 Å². The quantitative estimate of drug-likeness (QED) is 0.682. The SMILES string of the molecule is C#CCN(CC(=O)O)C(=O)C1CCOC1C. The summed E-state index contributed by atoms with van der Waals surface area (Å²) in [5.74, 6) is 0.731. The van der Waals surface area contributed by atoms with Crippen LogP contribution in [-0.4, -0.2) is 47.7 Å². The van der Waals surface area contributed by atoms with Crippen molar-refractivity contribution >= 4 is 11.9 Å². The Kier molecular flexibility index (Phi) is 4.32. The molecule has 0 saturated carbocycles. The van der Waals surface area contributed by atoms with Crippen LogP contribution in [-0.2, 0) is 14.3 Å². The standard InChI is InChI=1S/C11H15NO4/c1-3-5-12(7-10(13)14)11(15)9-4-6-16-8(9)2/h1,8-9H,4-7H2,2H3,(H,13,14). The lowest BCUT2D eigenvalue weighted by molar-refractivity contribution is -0.146. The first kappa shape index (κ1) is 12.5. The van der Waals surface area contributed by atoms with E-state index in [0.29, 0.717) is 13.0 Å². The molecule has 1 amide bonds. The van der Waals surface area contributed by atoms with Crippen molar-refractivity contribution in [3.63, 3.8) is 0 Å². The van der Waals surface area contributed by atoms with Gasteiger partial charge in [0.15, 0.2) is 0 Å². The summed E-state index contributed by atoms with van der Waals surface area (Å²) in [7, 11) is 0. The molecule has 0 aromatic rings. The number of terminal acetylenes is 1. The zero-order chi connectivity index (χ0) is 12.1. The van der Waals surface area contributed by atoms with Crippen molar-refractivity contribution in [3.05, 3.63) is 0 Å². The molecule has 5 nitrogen and oxygen atoms in total. The van der Waals surface area contributed by atoms with E-state index >= 15 is 0 Å². The van der Waals surface area contributed by atoms with Crippen LogP contribution in [0.2, 0.25) is 0 Å². The van der Waals surface area contributed by atoms with E-state index in [1.54, 1.807) is 0 Å². The average molecular weight is 225 g/mol. The molecule has 1 aliphatic rings. The summed E-state index contributed by atoms with van der Waals surface area (Å²) < 4.78 is 5.27. The van der Waals surface area contributed by atoms with Gasteiger partial charge in [-0.15, -0.1) is 6.42 Å². The third-order valence-corrected chi connectivity index (χ3v) is 2.61. The molecule has 2 unspecified atom stereocenters. The second kappa shape index (κ2) is 5.52. The van der Waals surface area contributed by atoms with Crippen LogP contribution >= 0.6 is 0 Å². The van der Waals surface area contributed by atoms with Gasteiger partial charge in [-0.05, 0) is 13.3 Å². The number of carbonyl (C=O) groups is 2. The highest BCUT2D eigenvalue weighted by atomic mass is 16.5. The van der Waals surface area contributed by atoms with Gasteiger partial charge >= 0.3 is 5.97 Å². The van der Waals surface area contributed by atoms with Gasteiger partial charge in [-0.2, -0.15) is 0 Å². The fraction of sp³-hybridized carbons (Fsp3) is 0.636. The second-order valence-corrected chi connectivity index (χ2v) is 3.76. The Morgan fingerprint density at radius 3 is 2.75 bits per heavy atom. The number of hydrogen-bond donors (Lipinski definition) is 1. The van der Waals surface area contributed by atoms with Gasteiger partial charge in [0.05, 0.1) is 18.6 Å². The Morgan fingerprint density at radius 2 is 2.31 bits per heavy atom. The van der Waals surface area contributed by atoms with E-state index in [0.717, 1.165) is 0 Å². The summed E-state index contributed by atoms with van der Waals surface area (Å²) in [5, 5.41) is 8.67. The number of carbonyl (C=O) groups excluding carboxylic acids is 1. The summed E-state index contributed by atoms with van der Waals surface area (Å²) in [5.41, 5.74) is 0. The van der Waals surface area contributed by atoms with E-state index < -0.39 is 5.97 Å². The molecule has 1 heterocycles. The van der Waals surface area contributed by atoms with E-state index in [1.165, 1.54) is 4.90 Å². The van der Waals surface area contributed by atoms with E-state index in [-0.39, 0.29) is 31.0 Å². The number of aliphatic carboxylic acids is 1. The van der Waals surface area contributed by atoms with Gasteiger partial charge in [0.2, 0.25) is 5.91 Å². The van der Waals surface area contributed by atoms with Crippen molar-refractivity contribution in [2.75, 3.05) is 19.7 Å². The summed E-state index contributed by atoms with van der Waals surface area (Å²) in [4.78, 5) is 23.7. The van der Waals surface area contributed by atoms with Crippen LogP contribution in [0.4, 0.5) is 0 Å². The van der Waals surface area contributed by atoms with E-state index in [4.69, 9.17) is 16.3 Å². The molecule has 1 fully saturated rings. The molecule has 88 valence electrons. The predicted octanol–water partition coefficient (Wildman–Crippen LogP) is -0.0422. The van der Waals surface area contributed by atoms with Gasteiger partial charge in [-0.1, -0.05) is 5.92 Å². The van der Waals surface area contributed by atoms with Crippen LogP contribution in [0.1, 0.15) is 13.3 Å². The number of ether oxygens (including phenoxy) is 1. The maximum Gasteiger partial charge on any atom is 0.323 e. The van der Waals surface area contributed by atoms with Gasteiger partial charge in [0.1, 0.15) is 6.54 Å². The Morgan fingerprint density at radius 1 is 1.62 bits per heavy atom. The van der Waals surface area contributed by atoms with Gasteiger partial charge in [0.25, 0.3) is 0 Å². The number of hydrogen-bond acceptors (Lipinski definition) is 3. The maximum atomic E-state index is 12.0. The molecular weight excluding hydrogens is 210 g/mol. The highest BCUT2D eigenvalue weighted by molar-refractivity contribution is 5.83. The van der Waals surface area contributed by atoms with Crippen molar-refractivity contribution in [1.82, 2.24) is 4.90 Å². The topological polar surface area (TPSA) is 66.8 Å². The van der Waals surface area contributed by atoms with E-state index in [1.807, 2.05) is 6.92 Å². The van der Waals surface area contributed by atoms with Crippen LogP contribution in [0.15, 0.2) is 0 Å². The monoisotopic (exact) mass is 225 g/mol. The van der Waals surface area contributed by atoms with Crippen molar-refractivity contribution in [3.8, 4) is 12.3 Å². The summed E-state index contributed by atoms with van der Waals surface area (Å²) in [6, 6.07) is 0. The zero-order valence-electron chi connectivity index (χ0n) is 9.18. The molecule has 16 heavy (non-hydrogen) atoms. The normalized spacial score (nSPS) is 23.8. The third kappa shape index (κ3) is 2.97. The second-order valence-electron chi connectivity index (χ2n) is 3.76.